The van der Waals surface area contributed by atoms with Gasteiger partial charge in [-0.1, -0.05) is 17.7 Å². The van der Waals surface area contributed by atoms with Crippen molar-refractivity contribution in [1.29, 1.82) is 0 Å². The Hall–Kier alpha value is -1.06. The molecule has 3 nitrogen and oxygen atoms in total. The third kappa shape index (κ3) is 1.62. The predicted molar refractivity (Wildman–Crippen MR) is 55.9 cm³/mol. The molecule has 15 heavy (non-hydrogen) atoms. The van der Waals surface area contributed by atoms with Crippen molar-refractivity contribution in [3.05, 3.63) is 34.3 Å². The van der Waals surface area contributed by atoms with Crippen molar-refractivity contribution >= 4 is 17.6 Å². The number of fused-ring (bicyclic) bond motifs is 1. The van der Waals surface area contributed by atoms with E-state index < -0.39 is 11.6 Å². The number of hydrogen-bond acceptors (Lipinski definition) is 2. The minimum Gasteiger partial charge on any atom is -0.479 e. The lowest BCUT2D eigenvalue weighted by atomic mass is 9.79. The molecular formula is C11H11ClO3. The number of halogens is 1. The number of carboxylic acids is 1. The highest BCUT2D eigenvalue weighted by Gasteiger charge is 2.41. The van der Waals surface area contributed by atoms with E-state index in [0.717, 1.165) is 12.0 Å². The van der Waals surface area contributed by atoms with Gasteiger partial charge < -0.3 is 10.2 Å². The topological polar surface area (TPSA) is 57.5 Å². The summed E-state index contributed by atoms with van der Waals surface area (Å²) in [7, 11) is 0. The number of carbonyl (C=O) groups is 1. The fourth-order valence-electron chi connectivity index (χ4n) is 2.06. The number of aryl methyl sites for hydroxylation is 1. The Bertz CT molecular complexity index is 416. The summed E-state index contributed by atoms with van der Waals surface area (Å²) >= 11 is 5.82. The lowest BCUT2D eigenvalue weighted by Gasteiger charge is -2.30. The molecule has 0 bridgehead atoms. The third-order valence-electron chi connectivity index (χ3n) is 2.85. The highest BCUT2D eigenvalue weighted by molar-refractivity contribution is 6.30. The molecule has 1 aromatic carbocycles. The van der Waals surface area contributed by atoms with Gasteiger partial charge in [-0.2, -0.15) is 0 Å². The van der Waals surface area contributed by atoms with Crippen molar-refractivity contribution in [2.75, 3.05) is 0 Å². The van der Waals surface area contributed by atoms with E-state index in [1.54, 1.807) is 18.2 Å². The van der Waals surface area contributed by atoms with E-state index in [4.69, 9.17) is 16.7 Å². The minimum atomic E-state index is -1.74. The SMILES string of the molecule is O=C(O)C1(O)CCCc2cc(Cl)ccc21. The molecule has 0 aliphatic heterocycles. The third-order valence-corrected chi connectivity index (χ3v) is 3.09. The van der Waals surface area contributed by atoms with Crippen LogP contribution >= 0.6 is 11.6 Å². The second kappa shape index (κ2) is 3.51. The van der Waals surface area contributed by atoms with Gasteiger partial charge in [0.1, 0.15) is 0 Å². The van der Waals surface area contributed by atoms with Crippen molar-refractivity contribution in [3.8, 4) is 0 Å². The monoisotopic (exact) mass is 226 g/mol. The summed E-state index contributed by atoms with van der Waals surface area (Å²) in [5.74, 6) is -1.19. The smallest absolute Gasteiger partial charge is 0.340 e. The zero-order valence-electron chi connectivity index (χ0n) is 8.03. The summed E-state index contributed by atoms with van der Waals surface area (Å²) in [5.41, 5.74) is -0.428. The van der Waals surface area contributed by atoms with Gasteiger partial charge in [0.05, 0.1) is 0 Å². The highest BCUT2D eigenvalue weighted by atomic mass is 35.5. The fraction of sp³-hybridized carbons (Fsp3) is 0.364. The van der Waals surface area contributed by atoms with Gasteiger partial charge in [-0.15, -0.1) is 0 Å². The summed E-state index contributed by atoms with van der Waals surface area (Å²) in [4.78, 5) is 11.0. The van der Waals surface area contributed by atoms with Gasteiger partial charge in [0.2, 0.25) is 0 Å². The summed E-state index contributed by atoms with van der Waals surface area (Å²) < 4.78 is 0. The van der Waals surface area contributed by atoms with Crippen LogP contribution in [0.15, 0.2) is 18.2 Å². The van der Waals surface area contributed by atoms with Gasteiger partial charge in [0.25, 0.3) is 0 Å². The maximum Gasteiger partial charge on any atom is 0.340 e. The molecule has 0 aromatic heterocycles. The first-order valence-corrected chi connectivity index (χ1v) is 5.16. The molecule has 80 valence electrons. The van der Waals surface area contributed by atoms with E-state index in [1.807, 2.05) is 0 Å². The molecule has 1 aromatic rings. The highest BCUT2D eigenvalue weighted by Crippen LogP contribution is 2.36. The summed E-state index contributed by atoms with van der Waals surface area (Å²) in [6.07, 6.45) is 1.69. The number of rotatable bonds is 1. The van der Waals surface area contributed by atoms with Crippen LogP contribution < -0.4 is 0 Å². The maximum absolute atomic E-state index is 11.0. The van der Waals surface area contributed by atoms with Crippen LogP contribution in [0.5, 0.6) is 0 Å². The summed E-state index contributed by atoms with van der Waals surface area (Å²) in [5, 5.41) is 19.7. The molecule has 0 fully saturated rings. The molecule has 1 unspecified atom stereocenters. The predicted octanol–water partition coefficient (Wildman–Crippen LogP) is 1.95. The van der Waals surface area contributed by atoms with Gasteiger partial charge >= 0.3 is 5.97 Å². The van der Waals surface area contributed by atoms with E-state index in [1.165, 1.54) is 0 Å². The molecule has 0 radical (unpaired) electrons. The normalized spacial score (nSPS) is 24.7. The van der Waals surface area contributed by atoms with Crippen LogP contribution in [0.3, 0.4) is 0 Å². The Balaban J connectivity index is 2.56. The molecule has 4 heteroatoms. The van der Waals surface area contributed by atoms with E-state index in [0.29, 0.717) is 17.0 Å². The fourth-order valence-corrected chi connectivity index (χ4v) is 2.26. The van der Waals surface area contributed by atoms with Gasteiger partial charge in [-0.3, -0.25) is 0 Å². The standard InChI is InChI=1S/C11H11ClO3/c12-8-3-4-9-7(6-8)2-1-5-11(9,15)10(13)14/h3-4,6,15H,1-2,5H2,(H,13,14). The Morgan fingerprint density at radius 3 is 2.87 bits per heavy atom. The zero-order valence-corrected chi connectivity index (χ0v) is 8.79. The van der Waals surface area contributed by atoms with Crippen molar-refractivity contribution in [1.82, 2.24) is 0 Å². The molecule has 2 rings (SSSR count). The largest absolute Gasteiger partial charge is 0.479 e. The van der Waals surface area contributed by atoms with Crippen molar-refractivity contribution in [3.63, 3.8) is 0 Å². The number of hydrogen-bond donors (Lipinski definition) is 2. The van der Waals surface area contributed by atoms with Crippen LogP contribution in [-0.2, 0) is 16.8 Å². The number of benzene rings is 1. The molecule has 0 spiro atoms. The van der Waals surface area contributed by atoms with Crippen LogP contribution in [-0.4, -0.2) is 16.2 Å². The van der Waals surface area contributed by atoms with Crippen molar-refractivity contribution < 1.29 is 15.0 Å². The van der Waals surface area contributed by atoms with Crippen LogP contribution in [0, 0.1) is 0 Å². The van der Waals surface area contributed by atoms with Crippen LogP contribution in [0.4, 0.5) is 0 Å². The molecule has 0 heterocycles. The quantitative estimate of drug-likeness (QED) is 0.770. The molecule has 0 saturated heterocycles. The summed E-state index contributed by atoms with van der Waals surface area (Å²) in [6.45, 7) is 0. The van der Waals surface area contributed by atoms with Gasteiger partial charge in [-0.25, -0.2) is 4.79 Å². The lowest BCUT2D eigenvalue weighted by molar-refractivity contribution is -0.161. The maximum atomic E-state index is 11.0. The molecule has 0 saturated carbocycles. The van der Waals surface area contributed by atoms with Gasteiger partial charge in [0, 0.05) is 5.02 Å². The Kier molecular flexibility index (Phi) is 2.44. The Morgan fingerprint density at radius 1 is 1.47 bits per heavy atom. The molecule has 1 aliphatic carbocycles. The van der Waals surface area contributed by atoms with E-state index in [2.05, 4.69) is 0 Å². The van der Waals surface area contributed by atoms with Gasteiger partial charge in [0.15, 0.2) is 5.60 Å². The average molecular weight is 227 g/mol. The van der Waals surface area contributed by atoms with Crippen molar-refractivity contribution in [2.24, 2.45) is 0 Å². The zero-order chi connectivity index (χ0) is 11.1. The van der Waals surface area contributed by atoms with Crippen LogP contribution in [0.1, 0.15) is 24.0 Å². The Morgan fingerprint density at radius 2 is 2.20 bits per heavy atom. The molecule has 0 amide bonds. The molecule has 1 aliphatic rings. The lowest BCUT2D eigenvalue weighted by Crippen LogP contribution is -2.38. The number of aliphatic hydroxyl groups is 1. The number of carboxylic acid groups (broad SMARTS) is 1. The van der Waals surface area contributed by atoms with Crippen LogP contribution in [0.2, 0.25) is 5.02 Å². The number of aliphatic carboxylic acids is 1. The molecule has 1 atom stereocenters. The average Bonchev–Trinajstić information content (AvgIpc) is 2.17. The second-order valence-corrected chi connectivity index (χ2v) is 4.26. The van der Waals surface area contributed by atoms with E-state index in [9.17, 15) is 9.90 Å². The van der Waals surface area contributed by atoms with Crippen molar-refractivity contribution in [2.45, 2.75) is 24.9 Å². The second-order valence-electron chi connectivity index (χ2n) is 3.82. The minimum absolute atomic E-state index is 0.261. The first-order chi connectivity index (χ1) is 7.04. The Labute approximate surface area is 92.3 Å². The summed E-state index contributed by atoms with van der Waals surface area (Å²) in [6, 6.07) is 4.94. The molecular weight excluding hydrogens is 216 g/mol. The molecule has 2 N–H and O–H groups in total. The first kappa shape index (κ1) is 10.5. The first-order valence-electron chi connectivity index (χ1n) is 4.79. The van der Waals surface area contributed by atoms with Crippen LogP contribution in [0.25, 0.3) is 0 Å². The van der Waals surface area contributed by atoms with E-state index in [-0.39, 0.29) is 6.42 Å². The van der Waals surface area contributed by atoms with E-state index >= 15 is 0 Å². The van der Waals surface area contributed by atoms with Gasteiger partial charge in [-0.05, 0) is 42.5 Å².